The third-order valence-electron chi connectivity index (χ3n) is 11.9. The molecular formula is C32H56O4. The van der Waals surface area contributed by atoms with Gasteiger partial charge >= 0.3 is 0 Å². The Hall–Kier alpha value is -0.420. The van der Waals surface area contributed by atoms with E-state index < -0.39 is 17.3 Å². The van der Waals surface area contributed by atoms with Gasteiger partial charge < -0.3 is 20.1 Å². The molecule has 0 heterocycles. The van der Waals surface area contributed by atoms with Crippen molar-refractivity contribution in [1.82, 2.24) is 0 Å². The lowest BCUT2D eigenvalue weighted by Gasteiger charge is -2.63. The van der Waals surface area contributed by atoms with Gasteiger partial charge in [-0.3, -0.25) is 0 Å². The number of rotatable bonds is 8. The number of aliphatic hydroxyl groups is 3. The van der Waals surface area contributed by atoms with Crippen molar-refractivity contribution >= 4 is 0 Å². The molecule has 36 heavy (non-hydrogen) atoms. The molecule has 0 aliphatic heterocycles. The molecule has 3 saturated carbocycles. The molecular weight excluding hydrogens is 448 g/mol. The predicted octanol–water partition coefficient (Wildman–Crippen LogP) is 6.66. The lowest BCUT2D eigenvalue weighted by Crippen LogP contribution is -2.57. The first kappa shape index (κ1) is 28.6. The maximum atomic E-state index is 11.4. The zero-order chi connectivity index (χ0) is 26.7. The van der Waals surface area contributed by atoms with Gasteiger partial charge in [-0.15, -0.1) is 0 Å². The van der Waals surface area contributed by atoms with E-state index in [9.17, 15) is 15.3 Å². The Morgan fingerprint density at radius 2 is 1.61 bits per heavy atom. The average Bonchev–Trinajstić information content (AvgIpc) is 3.03. The second kappa shape index (κ2) is 9.65. The normalized spacial score (nSPS) is 43.9. The molecule has 4 rings (SSSR count). The Kier molecular flexibility index (Phi) is 7.66. The molecule has 0 aromatic carbocycles. The summed E-state index contributed by atoms with van der Waals surface area (Å²) in [7, 11) is 0. The molecule has 4 heteroatoms. The largest absolute Gasteiger partial charge is 0.390 e. The molecule has 0 bridgehead atoms. The van der Waals surface area contributed by atoms with Gasteiger partial charge in [-0.2, -0.15) is 0 Å². The van der Waals surface area contributed by atoms with E-state index in [1.807, 2.05) is 13.8 Å². The highest BCUT2D eigenvalue weighted by Crippen LogP contribution is 2.72. The number of allylic oxidation sites excluding steroid dienone is 1. The summed E-state index contributed by atoms with van der Waals surface area (Å²) < 4.78 is 6.03. The molecule has 0 radical (unpaired) electrons. The SMILES string of the molecule is C[C@H](CCCC(C)(C)O)C1CCC2(C)C3CC=C4C(O)C(OCC(C)(C)O)CCC4(C)C3CCC12C. The quantitative estimate of drug-likeness (QED) is 0.323. The fourth-order valence-electron chi connectivity index (χ4n) is 9.60. The minimum Gasteiger partial charge on any atom is -0.390 e. The van der Waals surface area contributed by atoms with E-state index in [0.717, 1.165) is 38.0 Å². The van der Waals surface area contributed by atoms with Gasteiger partial charge in [0.1, 0.15) is 6.10 Å². The van der Waals surface area contributed by atoms with Crippen LogP contribution in [0.1, 0.15) is 120 Å². The van der Waals surface area contributed by atoms with Crippen LogP contribution in [-0.2, 0) is 4.74 Å². The smallest absolute Gasteiger partial charge is 0.102 e. The van der Waals surface area contributed by atoms with Gasteiger partial charge in [0.15, 0.2) is 0 Å². The summed E-state index contributed by atoms with van der Waals surface area (Å²) in [4.78, 5) is 0. The Balaban J connectivity index is 1.51. The Labute approximate surface area is 221 Å². The van der Waals surface area contributed by atoms with Gasteiger partial charge in [0, 0.05) is 0 Å². The number of hydrogen-bond donors (Lipinski definition) is 3. The van der Waals surface area contributed by atoms with Crippen molar-refractivity contribution in [2.45, 2.75) is 143 Å². The molecule has 0 saturated heterocycles. The van der Waals surface area contributed by atoms with Crippen molar-refractivity contribution in [3.05, 3.63) is 11.6 Å². The maximum absolute atomic E-state index is 11.4. The fraction of sp³-hybridized carbons (Fsp3) is 0.938. The summed E-state index contributed by atoms with van der Waals surface area (Å²) in [5.41, 5.74) is 0.552. The van der Waals surface area contributed by atoms with E-state index in [1.165, 1.54) is 37.7 Å². The van der Waals surface area contributed by atoms with Gasteiger partial charge in [0.2, 0.25) is 0 Å². The van der Waals surface area contributed by atoms with Gasteiger partial charge in [-0.1, -0.05) is 46.6 Å². The van der Waals surface area contributed by atoms with E-state index in [4.69, 9.17) is 4.74 Å². The van der Waals surface area contributed by atoms with Crippen LogP contribution in [0.3, 0.4) is 0 Å². The lowest BCUT2D eigenvalue weighted by atomic mass is 9.42. The van der Waals surface area contributed by atoms with Crippen LogP contribution in [0, 0.1) is 39.9 Å². The van der Waals surface area contributed by atoms with Crippen molar-refractivity contribution in [1.29, 1.82) is 0 Å². The van der Waals surface area contributed by atoms with Gasteiger partial charge in [0.05, 0.1) is 23.9 Å². The molecule has 4 nitrogen and oxygen atoms in total. The second-order valence-corrected chi connectivity index (χ2v) is 15.4. The molecule has 208 valence electrons. The van der Waals surface area contributed by atoms with Gasteiger partial charge in [-0.25, -0.2) is 0 Å². The molecule has 4 aliphatic carbocycles. The first-order valence-corrected chi connectivity index (χ1v) is 15.0. The zero-order valence-electron chi connectivity index (χ0n) is 24.6. The topological polar surface area (TPSA) is 69.9 Å². The van der Waals surface area contributed by atoms with Crippen LogP contribution in [0.4, 0.5) is 0 Å². The molecule has 4 aliphatic rings. The van der Waals surface area contributed by atoms with E-state index >= 15 is 0 Å². The minimum atomic E-state index is -0.876. The summed E-state index contributed by atoms with van der Waals surface area (Å²) in [6.45, 7) is 17.8. The summed E-state index contributed by atoms with van der Waals surface area (Å²) in [6.07, 6.45) is 13.1. The molecule has 0 amide bonds. The van der Waals surface area contributed by atoms with Crippen molar-refractivity contribution in [2.75, 3.05) is 6.61 Å². The lowest BCUT2D eigenvalue weighted by molar-refractivity contribution is -0.139. The third kappa shape index (κ3) is 4.98. The number of aliphatic hydroxyl groups excluding tert-OH is 1. The van der Waals surface area contributed by atoms with E-state index in [1.54, 1.807) is 13.8 Å². The summed E-state index contributed by atoms with van der Waals surface area (Å²) in [6, 6.07) is 0. The van der Waals surface area contributed by atoms with Crippen LogP contribution in [0.25, 0.3) is 0 Å². The molecule has 9 atom stereocenters. The first-order chi connectivity index (χ1) is 16.5. The Morgan fingerprint density at radius 1 is 0.944 bits per heavy atom. The number of ether oxygens (including phenoxy) is 1. The van der Waals surface area contributed by atoms with Crippen LogP contribution in [0.5, 0.6) is 0 Å². The molecule has 3 N–H and O–H groups in total. The highest BCUT2D eigenvalue weighted by molar-refractivity contribution is 5.30. The monoisotopic (exact) mass is 504 g/mol. The van der Waals surface area contributed by atoms with Crippen LogP contribution < -0.4 is 0 Å². The molecule has 0 aromatic rings. The number of hydrogen-bond acceptors (Lipinski definition) is 4. The summed E-state index contributed by atoms with van der Waals surface area (Å²) in [5, 5.41) is 31.7. The van der Waals surface area contributed by atoms with Gasteiger partial charge in [-0.05, 0) is 125 Å². The summed E-state index contributed by atoms with van der Waals surface area (Å²) >= 11 is 0. The molecule has 8 unspecified atom stereocenters. The van der Waals surface area contributed by atoms with Crippen molar-refractivity contribution in [2.24, 2.45) is 39.9 Å². The first-order valence-electron chi connectivity index (χ1n) is 15.0. The summed E-state index contributed by atoms with van der Waals surface area (Å²) in [5.74, 6) is 2.77. The zero-order valence-corrected chi connectivity index (χ0v) is 24.6. The van der Waals surface area contributed by atoms with Crippen LogP contribution in [-0.4, -0.2) is 45.3 Å². The van der Waals surface area contributed by atoms with E-state index in [2.05, 4.69) is 33.8 Å². The van der Waals surface area contributed by atoms with Crippen LogP contribution >= 0.6 is 0 Å². The average molecular weight is 505 g/mol. The minimum absolute atomic E-state index is 0.0533. The number of fused-ring (bicyclic) bond motifs is 5. The highest BCUT2D eigenvalue weighted by atomic mass is 16.5. The molecule has 3 fully saturated rings. The van der Waals surface area contributed by atoms with Crippen LogP contribution in [0.15, 0.2) is 11.6 Å². The van der Waals surface area contributed by atoms with E-state index in [-0.39, 0.29) is 18.1 Å². The Morgan fingerprint density at radius 3 is 2.25 bits per heavy atom. The fourth-order valence-corrected chi connectivity index (χ4v) is 9.60. The standard InChI is InChI=1S/C32H56O4/c1-21(10-9-16-28(2,3)34)22-13-18-32(8)24-11-12-25-27(33)26(36-20-29(4,5)35)15-17-30(25,6)23(24)14-19-31(22,32)7/h12,21-24,26-27,33-35H,9-11,13-20H2,1-8H3/t21-,22?,23?,24?,26?,27?,30?,31?,32?/m1/s1. The van der Waals surface area contributed by atoms with Crippen LogP contribution in [0.2, 0.25) is 0 Å². The Bertz CT molecular complexity index is 821. The van der Waals surface area contributed by atoms with Crippen molar-refractivity contribution in [3.63, 3.8) is 0 Å². The third-order valence-corrected chi connectivity index (χ3v) is 11.9. The van der Waals surface area contributed by atoms with Gasteiger partial charge in [0.25, 0.3) is 0 Å². The maximum Gasteiger partial charge on any atom is 0.102 e. The second-order valence-electron chi connectivity index (χ2n) is 15.4. The van der Waals surface area contributed by atoms with Crippen molar-refractivity contribution < 1.29 is 20.1 Å². The molecule has 0 spiro atoms. The highest BCUT2D eigenvalue weighted by Gasteiger charge is 2.65. The predicted molar refractivity (Wildman–Crippen MR) is 147 cm³/mol. The van der Waals surface area contributed by atoms with Crippen molar-refractivity contribution in [3.8, 4) is 0 Å². The van der Waals surface area contributed by atoms with E-state index in [0.29, 0.717) is 28.6 Å². The molecule has 0 aromatic heterocycles.